The lowest BCUT2D eigenvalue weighted by atomic mass is 10.1. The topological polar surface area (TPSA) is 69.5 Å². The maximum absolute atomic E-state index is 14.9. The zero-order chi connectivity index (χ0) is 29.7. The van der Waals surface area contributed by atoms with Gasteiger partial charge in [-0.1, -0.05) is 48.5 Å². The fourth-order valence-electron chi connectivity index (χ4n) is 4.22. The lowest BCUT2D eigenvalue weighted by Gasteiger charge is -2.23. The van der Waals surface area contributed by atoms with Gasteiger partial charge in [0.2, 0.25) is 0 Å². The molecular weight excluding hydrogens is 538 g/mol. The number of pyridine rings is 1. The normalized spacial score (nSPS) is 11.3. The van der Waals surface area contributed by atoms with Gasteiger partial charge in [0.15, 0.2) is 17.4 Å². The highest BCUT2D eigenvalue weighted by Crippen LogP contribution is 2.34. The third kappa shape index (κ3) is 6.98. The molecule has 0 unspecified atom stereocenters. The summed E-state index contributed by atoms with van der Waals surface area (Å²) >= 11 is 0. The Labute approximate surface area is 243 Å². The molecule has 0 saturated heterocycles. The molecule has 2 heterocycles. The molecule has 0 spiro atoms. The van der Waals surface area contributed by atoms with Gasteiger partial charge in [0.05, 0.1) is 5.69 Å². The maximum atomic E-state index is 14.9. The zero-order valence-electron chi connectivity index (χ0n) is 23.5. The maximum Gasteiger partial charge on any atom is 0.435 e. The highest BCUT2D eigenvalue weighted by atomic mass is 19.1. The van der Waals surface area contributed by atoms with Crippen molar-refractivity contribution in [1.29, 1.82) is 0 Å². The van der Waals surface area contributed by atoms with Crippen LogP contribution >= 0.6 is 0 Å². The van der Waals surface area contributed by atoms with E-state index in [-0.39, 0.29) is 24.7 Å². The average Bonchev–Trinajstić information content (AvgIpc) is 3.42. The molecule has 5 aromatic rings. The van der Waals surface area contributed by atoms with E-state index < -0.39 is 17.5 Å². The van der Waals surface area contributed by atoms with Crippen LogP contribution in [0.15, 0.2) is 103 Å². The molecular formula is C33H30F2N4O3. The van der Waals surface area contributed by atoms with E-state index in [1.807, 2.05) is 30.3 Å². The minimum absolute atomic E-state index is 0.0528. The van der Waals surface area contributed by atoms with Gasteiger partial charge in [0, 0.05) is 30.6 Å². The average molecular weight is 569 g/mol. The molecule has 2 aromatic heterocycles. The van der Waals surface area contributed by atoms with E-state index in [2.05, 4.69) is 10.1 Å². The lowest BCUT2D eigenvalue weighted by Crippen LogP contribution is -2.28. The Balaban J connectivity index is 1.58. The summed E-state index contributed by atoms with van der Waals surface area (Å²) < 4.78 is 41.2. The zero-order valence-corrected chi connectivity index (χ0v) is 23.5. The smallest absolute Gasteiger partial charge is 0.435 e. The Hall–Kier alpha value is -5.05. The molecule has 0 N–H and O–H groups in total. The summed E-state index contributed by atoms with van der Waals surface area (Å²) in [4.78, 5) is 19.5. The number of aromatic nitrogens is 3. The van der Waals surface area contributed by atoms with Crippen molar-refractivity contribution < 1.29 is 23.0 Å². The van der Waals surface area contributed by atoms with E-state index in [0.29, 0.717) is 22.9 Å². The summed E-state index contributed by atoms with van der Waals surface area (Å²) in [7, 11) is 0. The van der Waals surface area contributed by atoms with E-state index in [1.54, 1.807) is 80.4 Å². The van der Waals surface area contributed by atoms with Gasteiger partial charge in [-0.25, -0.2) is 13.6 Å². The fraction of sp³-hybridized carbons (Fsp3) is 0.182. The van der Waals surface area contributed by atoms with Gasteiger partial charge in [0.1, 0.15) is 23.7 Å². The largest absolute Gasteiger partial charge is 0.486 e. The number of ether oxygens (including phenoxy) is 2. The van der Waals surface area contributed by atoms with Gasteiger partial charge >= 0.3 is 6.09 Å². The molecule has 42 heavy (non-hydrogen) atoms. The molecule has 0 aliphatic heterocycles. The summed E-state index contributed by atoms with van der Waals surface area (Å²) in [5.74, 6) is -0.469. The molecule has 9 heteroatoms. The minimum atomic E-state index is -0.764. The number of rotatable bonds is 8. The second-order valence-corrected chi connectivity index (χ2v) is 10.6. The third-order valence-corrected chi connectivity index (χ3v) is 6.18. The second kappa shape index (κ2) is 12.2. The van der Waals surface area contributed by atoms with Gasteiger partial charge in [0.25, 0.3) is 0 Å². The number of hydrogen-bond donors (Lipinski definition) is 0. The molecule has 0 aliphatic rings. The number of carbonyl (C=O) groups is 1. The molecule has 0 amide bonds. The van der Waals surface area contributed by atoms with Crippen molar-refractivity contribution in [2.24, 2.45) is 0 Å². The van der Waals surface area contributed by atoms with Crippen molar-refractivity contribution in [2.45, 2.75) is 39.5 Å². The number of hydrogen-bond acceptors (Lipinski definition) is 6. The number of carbonyl (C=O) groups excluding carboxylic acids is 1. The first kappa shape index (κ1) is 28.5. The number of benzene rings is 3. The lowest BCUT2D eigenvalue weighted by molar-refractivity contribution is 0.0518. The number of halogens is 2. The highest BCUT2D eigenvalue weighted by Gasteiger charge is 2.26. The molecule has 3 aromatic carbocycles. The SMILES string of the molecule is CC(C)(C)OC(=O)n1nc(N(Cc2ccc(F)cc2)c2ccc(F)c(OCc3ccccc3)c2)cc1-c1ccccn1. The van der Waals surface area contributed by atoms with Crippen LogP contribution in [0.2, 0.25) is 0 Å². The van der Waals surface area contributed by atoms with Crippen molar-refractivity contribution in [3.8, 4) is 17.1 Å². The second-order valence-electron chi connectivity index (χ2n) is 10.6. The Morgan fingerprint density at radius 1 is 0.881 bits per heavy atom. The fourth-order valence-corrected chi connectivity index (χ4v) is 4.22. The van der Waals surface area contributed by atoms with Crippen molar-refractivity contribution in [3.63, 3.8) is 0 Å². The monoisotopic (exact) mass is 568 g/mol. The van der Waals surface area contributed by atoms with E-state index in [9.17, 15) is 13.6 Å². The van der Waals surface area contributed by atoms with Gasteiger partial charge in [-0.15, -0.1) is 5.10 Å². The van der Waals surface area contributed by atoms with E-state index >= 15 is 0 Å². The first-order valence-corrected chi connectivity index (χ1v) is 13.4. The first-order valence-electron chi connectivity index (χ1n) is 13.4. The minimum Gasteiger partial charge on any atom is -0.486 e. The summed E-state index contributed by atoms with van der Waals surface area (Å²) in [5.41, 5.74) is 2.35. The van der Waals surface area contributed by atoms with E-state index in [0.717, 1.165) is 15.8 Å². The summed E-state index contributed by atoms with van der Waals surface area (Å²) in [6.45, 7) is 5.72. The van der Waals surface area contributed by atoms with Crippen LogP contribution < -0.4 is 9.64 Å². The Morgan fingerprint density at radius 3 is 2.31 bits per heavy atom. The summed E-state index contributed by atoms with van der Waals surface area (Å²) in [5, 5.41) is 4.63. The molecule has 0 saturated carbocycles. The molecule has 5 rings (SSSR count). The molecule has 0 atom stereocenters. The van der Waals surface area contributed by atoms with Gasteiger partial charge in [-0.05, 0) is 68.3 Å². The standard InChI is InChI=1S/C33H30F2N4O3/c1-33(2,3)42-32(40)39-29(28-11-7-8-18-36-28)20-31(37-39)38(21-23-12-14-25(34)15-13-23)26-16-17-27(35)30(19-26)41-22-24-9-5-4-6-10-24/h4-20H,21-22H2,1-3H3. The van der Waals surface area contributed by atoms with Crippen LogP contribution in [0.3, 0.4) is 0 Å². The van der Waals surface area contributed by atoms with Crippen molar-refractivity contribution in [1.82, 2.24) is 14.8 Å². The quantitative estimate of drug-likeness (QED) is 0.189. The van der Waals surface area contributed by atoms with Gasteiger partial charge < -0.3 is 14.4 Å². The molecule has 214 valence electrons. The number of nitrogens with zero attached hydrogens (tertiary/aromatic N) is 4. The van der Waals surface area contributed by atoms with E-state index in [1.165, 1.54) is 18.2 Å². The van der Waals surface area contributed by atoms with Crippen LogP contribution in [0, 0.1) is 11.6 Å². The van der Waals surface area contributed by atoms with Gasteiger partial charge in [-0.2, -0.15) is 4.68 Å². The Kier molecular flexibility index (Phi) is 8.28. The number of anilines is 2. The summed E-state index contributed by atoms with van der Waals surface area (Å²) in [6, 6.07) is 27.0. The Bertz CT molecular complexity index is 1650. The van der Waals surface area contributed by atoms with Crippen LogP contribution in [0.1, 0.15) is 31.9 Å². The van der Waals surface area contributed by atoms with Crippen molar-refractivity contribution >= 4 is 17.6 Å². The van der Waals surface area contributed by atoms with Gasteiger partial charge in [-0.3, -0.25) is 4.98 Å². The molecule has 0 bridgehead atoms. The predicted molar refractivity (Wildman–Crippen MR) is 157 cm³/mol. The molecule has 0 aliphatic carbocycles. The molecule has 0 radical (unpaired) electrons. The van der Waals surface area contributed by atoms with E-state index in [4.69, 9.17) is 9.47 Å². The molecule has 0 fully saturated rings. The summed E-state index contributed by atoms with van der Waals surface area (Å²) in [6.07, 6.45) is 0.941. The highest BCUT2D eigenvalue weighted by molar-refractivity contribution is 5.79. The predicted octanol–water partition coefficient (Wildman–Crippen LogP) is 7.92. The van der Waals surface area contributed by atoms with Crippen LogP contribution in [-0.4, -0.2) is 26.5 Å². The van der Waals surface area contributed by atoms with Crippen LogP contribution in [-0.2, 0) is 17.9 Å². The van der Waals surface area contributed by atoms with Crippen molar-refractivity contribution in [3.05, 3.63) is 126 Å². The Morgan fingerprint density at radius 2 is 1.62 bits per heavy atom. The van der Waals surface area contributed by atoms with Crippen molar-refractivity contribution in [2.75, 3.05) is 4.90 Å². The van der Waals surface area contributed by atoms with Crippen LogP contribution in [0.25, 0.3) is 11.4 Å². The third-order valence-electron chi connectivity index (χ3n) is 6.18. The molecule has 7 nitrogen and oxygen atoms in total. The van der Waals surface area contributed by atoms with Crippen LogP contribution in [0.5, 0.6) is 5.75 Å². The first-order chi connectivity index (χ1) is 20.2. The van der Waals surface area contributed by atoms with Crippen LogP contribution in [0.4, 0.5) is 25.1 Å².